The second-order valence-corrected chi connectivity index (χ2v) is 6.28. The van der Waals surface area contributed by atoms with E-state index in [2.05, 4.69) is 4.98 Å². The molecule has 0 bridgehead atoms. The molecule has 1 N–H and O–H groups in total. The standard InChI is InChI=1S/C17H18N2O4/c20-17(21)19-9-12-7-15(8-13(12)10-19)23-14-3-1-2-11(6-14)16-18-4-5-22-16/h1-6,12-13,15H,7-10H2,(H,20,21)/t12-,13+,15+. The first-order valence-corrected chi connectivity index (χ1v) is 7.83. The Morgan fingerprint density at radius 2 is 2.09 bits per heavy atom. The summed E-state index contributed by atoms with van der Waals surface area (Å²) in [6.07, 6.45) is 4.34. The van der Waals surface area contributed by atoms with E-state index in [0.29, 0.717) is 30.8 Å². The van der Waals surface area contributed by atoms with Crippen molar-refractivity contribution >= 4 is 6.09 Å². The minimum Gasteiger partial charge on any atom is -0.490 e. The quantitative estimate of drug-likeness (QED) is 0.942. The molecule has 1 aliphatic carbocycles. The van der Waals surface area contributed by atoms with Gasteiger partial charge in [-0.05, 0) is 42.9 Å². The summed E-state index contributed by atoms with van der Waals surface area (Å²) in [5.74, 6) is 2.23. The van der Waals surface area contributed by atoms with Gasteiger partial charge in [-0.25, -0.2) is 9.78 Å². The number of carboxylic acid groups (broad SMARTS) is 1. The molecule has 2 aromatic rings. The van der Waals surface area contributed by atoms with Crippen molar-refractivity contribution in [3.8, 4) is 17.2 Å². The third-order valence-corrected chi connectivity index (χ3v) is 4.79. The van der Waals surface area contributed by atoms with Gasteiger partial charge in [0, 0.05) is 18.7 Å². The van der Waals surface area contributed by atoms with Crippen LogP contribution in [0.15, 0.2) is 41.1 Å². The van der Waals surface area contributed by atoms with E-state index in [1.54, 1.807) is 12.5 Å². The Hall–Kier alpha value is -2.50. The lowest BCUT2D eigenvalue weighted by Crippen LogP contribution is -2.29. The Kier molecular flexibility index (Phi) is 3.44. The van der Waals surface area contributed by atoms with E-state index in [1.165, 1.54) is 4.90 Å². The maximum absolute atomic E-state index is 11.0. The first-order valence-electron chi connectivity index (χ1n) is 7.83. The van der Waals surface area contributed by atoms with Crippen LogP contribution in [0.25, 0.3) is 11.5 Å². The van der Waals surface area contributed by atoms with Crippen molar-refractivity contribution in [2.75, 3.05) is 13.1 Å². The highest BCUT2D eigenvalue weighted by Crippen LogP contribution is 2.40. The van der Waals surface area contributed by atoms with Gasteiger partial charge in [-0.2, -0.15) is 0 Å². The van der Waals surface area contributed by atoms with Crippen molar-refractivity contribution in [2.24, 2.45) is 11.8 Å². The third-order valence-electron chi connectivity index (χ3n) is 4.79. The number of ether oxygens (including phenoxy) is 1. The van der Waals surface area contributed by atoms with Gasteiger partial charge in [0.25, 0.3) is 0 Å². The van der Waals surface area contributed by atoms with E-state index >= 15 is 0 Å². The summed E-state index contributed by atoms with van der Waals surface area (Å²) in [5.41, 5.74) is 0.891. The molecule has 3 atom stereocenters. The Labute approximate surface area is 133 Å². The number of carbonyl (C=O) groups is 1. The van der Waals surface area contributed by atoms with Gasteiger partial charge in [0.15, 0.2) is 0 Å². The zero-order chi connectivity index (χ0) is 15.8. The Morgan fingerprint density at radius 3 is 2.74 bits per heavy atom. The number of oxazole rings is 1. The molecular formula is C17H18N2O4. The lowest BCUT2D eigenvalue weighted by Gasteiger charge is -2.18. The van der Waals surface area contributed by atoms with Gasteiger partial charge in [0.05, 0.1) is 12.3 Å². The molecule has 2 heterocycles. The number of likely N-dealkylation sites (tertiary alicyclic amines) is 1. The number of hydrogen-bond donors (Lipinski definition) is 1. The number of amides is 1. The average molecular weight is 314 g/mol. The number of hydrogen-bond acceptors (Lipinski definition) is 4. The van der Waals surface area contributed by atoms with Crippen LogP contribution in [-0.2, 0) is 0 Å². The van der Waals surface area contributed by atoms with Crippen LogP contribution in [0.1, 0.15) is 12.8 Å². The van der Waals surface area contributed by atoms with Crippen molar-refractivity contribution in [1.82, 2.24) is 9.88 Å². The van der Waals surface area contributed by atoms with E-state index in [0.717, 1.165) is 24.2 Å². The molecule has 2 fully saturated rings. The van der Waals surface area contributed by atoms with E-state index in [4.69, 9.17) is 14.3 Å². The molecule has 6 heteroatoms. The maximum atomic E-state index is 11.0. The number of benzene rings is 1. The summed E-state index contributed by atoms with van der Waals surface area (Å²) in [6, 6.07) is 7.73. The van der Waals surface area contributed by atoms with E-state index in [1.807, 2.05) is 24.3 Å². The highest BCUT2D eigenvalue weighted by atomic mass is 16.5. The van der Waals surface area contributed by atoms with Crippen LogP contribution >= 0.6 is 0 Å². The zero-order valence-corrected chi connectivity index (χ0v) is 12.6. The van der Waals surface area contributed by atoms with Crippen molar-refractivity contribution in [2.45, 2.75) is 18.9 Å². The van der Waals surface area contributed by atoms with Crippen LogP contribution in [0.3, 0.4) is 0 Å². The first-order chi connectivity index (χ1) is 11.2. The van der Waals surface area contributed by atoms with Crippen LogP contribution < -0.4 is 4.74 Å². The minimum atomic E-state index is -0.810. The van der Waals surface area contributed by atoms with E-state index < -0.39 is 6.09 Å². The molecule has 0 radical (unpaired) electrons. The Balaban J connectivity index is 1.41. The third kappa shape index (κ3) is 2.76. The summed E-state index contributed by atoms with van der Waals surface area (Å²) >= 11 is 0. The lowest BCUT2D eigenvalue weighted by molar-refractivity contribution is 0.144. The summed E-state index contributed by atoms with van der Waals surface area (Å²) in [6.45, 7) is 1.27. The van der Waals surface area contributed by atoms with Crippen LogP contribution in [0.5, 0.6) is 5.75 Å². The second kappa shape index (κ2) is 5.61. The Morgan fingerprint density at radius 1 is 1.30 bits per heavy atom. The van der Waals surface area contributed by atoms with Crippen molar-refractivity contribution in [3.63, 3.8) is 0 Å². The van der Waals surface area contributed by atoms with E-state index in [9.17, 15) is 4.79 Å². The molecule has 1 saturated heterocycles. The summed E-state index contributed by atoms with van der Waals surface area (Å²) < 4.78 is 11.4. The molecule has 0 unspecified atom stereocenters. The second-order valence-electron chi connectivity index (χ2n) is 6.28. The van der Waals surface area contributed by atoms with Gasteiger partial charge in [0.1, 0.15) is 12.0 Å². The number of nitrogens with zero attached hydrogens (tertiary/aromatic N) is 2. The molecule has 1 aromatic carbocycles. The monoisotopic (exact) mass is 314 g/mol. The van der Waals surface area contributed by atoms with Crippen LogP contribution in [-0.4, -0.2) is 40.3 Å². The molecule has 1 aliphatic heterocycles. The summed E-state index contributed by atoms with van der Waals surface area (Å²) in [4.78, 5) is 16.7. The highest BCUT2D eigenvalue weighted by Gasteiger charge is 2.43. The molecule has 120 valence electrons. The van der Waals surface area contributed by atoms with Crippen LogP contribution in [0.4, 0.5) is 4.79 Å². The lowest BCUT2D eigenvalue weighted by atomic mass is 10.0. The predicted molar refractivity (Wildman–Crippen MR) is 82.2 cm³/mol. The molecule has 1 saturated carbocycles. The molecule has 2 aliphatic rings. The molecule has 1 aromatic heterocycles. The fourth-order valence-electron chi connectivity index (χ4n) is 3.76. The van der Waals surface area contributed by atoms with Crippen molar-refractivity contribution < 1.29 is 19.1 Å². The topological polar surface area (TPSA) is 75.8 Å². The zero-order valence-electron chi connectivity index (χ0n) is 12.6. The molecular weight excluding hydrogens is 296 g/mol. The van der Waals surface area contributed by atoms with Gasteiger partial charge in [0.2, 0.25) is 5.89 Å². The van der Waals surface area contributed by atoms with Gasteiger partial charge < -0.3 is 19.2 Å². The largest absolute Gasteiger partial charge is 0.490 e. The summed E-state index contributed by atoms with van der Waals surface area (Å²) in [7, 11) is 0. The smallest absolute Gasteiger partial charge is 0.407 e. The fraction of sp³-hybridized carbons (Fsp3) is 0.412. The summed E-state index contributed by atoms with van der Waals surface area (Å²) in [5, 5.41) is 9.07. The van der Waals surface area contributed by atoms with E-state index in [-0.39, 0.29) is 6.10 Å². The maximum Gasteiger partial charge on any atom is 0.407 e. The molecule has 23 heavy (non-hydrogen) atoms. The molecule has 4 rings (SSSR count). The first kappa shape index (κ1) is 14.1. The van der Waals surface area contributed by atoms with Gasteiger partial charge in [-0.3, -0.25) is 0 Å². The number of rotatable bonds is 3. The number of fused-ring (bicyclic) bond motifs is 1. The minimum absolute atomic E-state index is 0.153. The van der Waals surface area contributed by atoms with Crippen molar-refractivity contribution in [1.29, 1.82) is 0 Å². The van der Waals surface area contributed by atoms with Crippen molar-refractivity contribution in [3.05, 3.63) is 36.7 Å². The SMILES string of the molecule is O=C(O)N1C[C@H]2C[C@H](Oc3cccc(-c4ncco4)c3)C[C@H]2C1. The van der Waals surface area contributed by atoms with Gasteiger partial charge in [-0.15, -0.1) is 0 Å². The molecule has 0 spiro atoms. The van der Waals surface area contributed by atoms with Crippen LogP contribution in [0.2, 0.25) is 0 Å². The normalized spacial score (nSPS) is 26.3. The fourth-order valence-corrected chi connectivity index (χ4v) is 3.76. The number of aromatic nitrogens is 1. The predicted octanol–water partition coefficient (Wildman–Crippen LogP) is 3.11. The Bertz CT molecular complexity index is 686. The molecule has 1 amide bonds. The van der Waals surface area contributed by atoms with Crippen LogP contribution in [0, 0.1) is 11.8 Å². The highest BCUT2D eigenvalue weighted by molar-refractivity contribution is 5.65. The van der Waals surface area contributed by atoms with Gasteiger partial charge in [-0.1, -0.05) is 6.07 Å². The average Bonchev–Trinajstić information content (AvgIpc) is 3.23. The molecule has 6 nitrogen and oxygen atoms in total. The van der Waals surface area contributed by atoms with Gasteiger partial charge >= 0.3 is 6.09 Å².